The number of sulfone groups is 1. The Labute approximate surface area is 126 Å². The molecule has 1 rings (SSSR count). The fourth-order valence-corrected chi connectivity index (χ4v) is 3.56. The second-order valence-corrected chi connectivity index (χ2v) is 7.09. The SMILES string of the molecule is CCCCCC=CC(CC(=O)O)S(=O)(=O)c1ccccc1. The second kappa shape index (κ2) is 8.62. The highest BCUT2D eigenvalue weighted by molar-refractivity contribution is 7.92. The number of carboxylic acid groups (broad SMARTS) is 1. The van der Waals surface area contributed by atoms with Gasteiger partial charge >= 0.3 is 5.97 Å². The van der Waals surface area contributed by atoms with Crippen molar-refractivity contribution >= 4 is 15.8 Å². The van der Waals surface area contributed by atoms with Gasteiger partial charge in [0.05, 0.1) is 16.6 Å². The summed E-state index contributed by atoms with van der Waals surface area (Å²) in [5.41, 5.74) is 0. The molecular weight excluding hydrogens is 288 g/mol. The molecule has 0 radical (unpaired) electrons. The standard InChI is InChI=1S/C16H22O4S/c1-2-3-4-5-7-12-15(13-16(17)18)21(19,20)14-10-8-6-9-11-14/h6-12,15H,2-5,13H2,1H3,(H,17,18). The van der Waals surface area contributed by atoms with Gasteiger partial charge in [0.15, 0.2) is 9.84 Å². The lowest BCUT2D eigenvalue weighted by Gasteiger charge is -2.12. The number of carbonyl (C=O) groups is 1. The van der Waals surface area contributed by atoms with Crippen molar-refractivity contribution in [1.29, 1.82) is 0 Å². The third kappa shape index (κ3) is 5.71. The van der Waals surface area contributed by atoms with Crippen LogP contribution in [0, 0.1) is 0 Å². The zero-order valence-electron chi connectivity index (χ0n) is 12.2. The number of hydrogen-bond donors (Lipinski definition) is 1. The van der Waals surface area contributed by atoms with Crippen LogP contribution in [0.3, 0.4) is 0 Å². The van der Waals surface area contributed by atoms with E-state index in [9.17, 15) is 13.2 Å². The van der Waals surface area contributed by atoms with Gasteiger partial charge in [-0.1, -0.05) is 50.1 Å². The van der Waals surface area contributed by atoms with Crippen LogP contribution in [0.5, 0.6) is 0 Å². The summed E-state index contributed by atoms with van der Waals surface area (Å²) >= 11 is 0. The summed E-state index contributed by atoms with van der Waals surface area (Å²) in [6.45, 7) is 2.09. The van der Waals surface area contributed by atoms with Crippen LogP contribution < -0.4 is 0 Å². The first-order valence-electron chi connectivity index (χ1n) is 7.16. The molecule has 0 saturated heterocycles. The van der Waals surface area contributed by atoms with Crippen LogP contribution in [0.15, 0.2) is 47.4 Å². The highest BCUT2D eigenvalue weighted by atomic mass is 32.2. The Morgan fingerprint density at radius 3 is 2.48 bits per heavy atom. The fraction of sp³-hybridized carbons (Fsp3) is 0.438. The second-order valence-electron chi connectivity index (χ2n) is 4.92. The fourth-order valence-electron chi connectivity index (χ4n) is 2.00. The number of rotatable bonds is 9. The van der Waals surface area contributed by atoms with Gasteiger partial charge in [-0.25, -0.2) is 8.42 Å². The predicted octanol–water partition coefficient (Wildman–Crippen LogP) is 3.44. The highest BCUT2D eigenvalue weighted by Gasteiger charge is 2.27. The number of benzene rings is 1. The average Bonchev–Trinajstić information content (AvgIpc) is 2.46. The molecule has 0 bridgehead atoms. The van der Waals surface area contributed by atoms with Crippen molar-refractivity contribution in [2.75, 3.05) is 0 Å². The van der Waals surface area contributed by atoms with E-state index >= 15 is 0 Å². The molecule has 0 aromatic heterocycles. The Hall–Kier alpha value is -1.62. The topological polar surface area (TPSA) is 71.4 Å². The quantitative estimate of drug-likeness (QED) is 0.560. The average molecular weight is 310 g/mol. The van der Waals surface area contributed by atoms with E-state index in [1.807, 2.05) is 0 Å². The Morgan fingerprint density at radius 1 is 1.24 bits per heavy atom. The number of hydrogen-bond acceptors (Lipinski definition) is 3. The summed E-state index contributed by atoms with van der Waals surface area (Å²) in [5, 5.41) is 7.92. The maximum atomic E-state index is 12.5. The van der Waals surface area contributed by atoms with Crippen LogP contribution in [-0.4, -0.2) is 24.7 Å². The number of unbranched alkanes of at least 4 members (excludes halogenated alkanes) is 3. The molecule has 4 nitrogen and oxygen atoms in total. The van der Waals surface area contributed by atoms with E-state index in [0.29, 0.717) is 0 Å². The van der Waals surface area contributed by atoms with E-state index in [2.05, 4.69) is 6.92 Å². The van der Waals surface area contributed by atoms with Gasteiger partial charge in [0.25, 0.3) is 0 Å². The predicted molar refractivity (Wildman–Crippen MR) is 83.0 cm³/mol. The van der Waals surface area contributed by atoms with Gasteiger partial charge in [0.1, 0.15) is 0 Å². The van der Waals surface area contributed by atoms with Crippen LogP contribution in [0.25, 0.3) is 0 Å². The van der Waals surface area contributed by atoms with E-state index < -0.39 is 27.5 Å². The van der Waals surface area contributed by atoms with Crippen molar-refractivity contribution in [2.24, 2.45) is 0 Å². The zero-order chi connectivity index (χ0) is 15.7. The molecule has 1 unspecified atom stereocenters. The largest absolute Gasteiger partial charge is 0.481 e. The Balaban J connectivity index is 2.89. The normalized spacial score (nSPS) is 13.4. The third-order valence-corrected chi connectivity index (χ3v) is 5.22. The lowest BCUT2D eigenvalue weighted by Crippen LogP contribution is -2.22. The monoisotopic (exact) mass is 310 g/mol. The summed E-state index contributed by atoms with van der Waals surface area (Å²) in [4.78, 5) is 11.1. The molecule has 0 aliphatic heterocycles. The van der Waals surface area contributed by atoms with Gasteiger partial charge in [-0.3, -0.25) is 4.79 Å². The van der Waals surface area contributed by atoms with E-state index in [1.54, 1.807) is 24.3 Å². The van der Waals surface area contributed by atoms with Crippen LogP contribution in [0.2, 0.25) is 0 Å². The number of allylic oxidation sites excluding steroid dienone is 1. The Bertz CT molecular complexity index is 561. The first-order chi connectivity index (χ1) is 9.98. The zero-order valence-corrected chi connectivity index (χ0v) is 13.1. The molecule has 0 spiro atoms. The first kappa shape index (κ1) is 17.4. The summed E-state index contributed by atoms with van der Waals surface area (Å²) in [6.07, 6.45) is 6.82. The van der Waals surface area contributed by atoms with Crippen molar-refractivity contribution in [3.8, 4) is 0 Å². The van der Waals surface area contributed by atoms with Gasteiger partial charge < -0.3 is 5.11 Å². The summed E-state index contributed by atoms with van der Waals surface area (Å²) < 4.78 is 24.9. The summed E-state index contributed by atoms with van der Waals surface area (Å²) in [5.74, 6) is -1.11. The van der Waals surface area contributed by atoms with Crippen molar-refractivity contribution in [3.05, 3.63) is 42.5 Å². The molecule has 0 aliphatic carbocycles. The molecule has 0 fully saturated rings. The molecule has 1 atom stereocenters. The van der Waals surface area contributed by atoms with Crippen molar-refractivity contribution in [2.45, 2.75) is 49.2 Å². The Kier molecular flexibility index (Phi) is 7.15. The van der Waals surface area contributed by atoms with E-state index in [-0.39, 0.29) is 4.90 Å². The molecule has 1 aromatic carbocycles. The van der Waals surface area contributed by atoms with E-state index in [1.165, 1.54) is 18.2 Å². The molecule has 116 valence electrons. The summed E-state index contributed by atoms with van der Waals surface area (Å²) in [7, 11) is -3.66. The third-order valence-electron chi connectivity index (χ3n) is 3.17. The van der Waals surface area contributed by atoms with Crippen LogP contribution in [0.1, 0.15) is 39.0 Å². The molecular formula is C16H22O4S. The lowest BCUT2D eigenvalue weighted by atomic mass is 10.2. The molecule has 1 N–H and O–H groups in total. The van der Waals surface area contributed by atoms with Crippen LogP contribution in [-0.2, 0) is 14.6 Å². The minimum atomic E-state index is -3.66. The minimum absolute atomic E-state index is 0.162. The van der Waals surface area contributed by atoms with E-state index in [0.717, 1.165) is 25.7 Å². The maximum Gasteiger partial charge on any atom is 0.305 e. The lowest BCUT2D eigenvalue weighted by molar-refractivity contribution is -0.136. The first-order valence-corrected chi connectivity index (χ1v) is 8.70. The molecule has 0 aliphatic rings. The van der Waals surface area contributed by atoms with Gasteiger partial charge in [0.2, 0.25) is 0 Å². The smallest absolute Gasteiger partial charge is 0.305 e. The Morgan fingerprint density at radius 2 is 1.90 bits per heavy atom. The molecule has 1 aromatic rings. The number of aliphatic carboxylic acids is 1. The molecule has 21 heavy (non-hydrogen) atoms. The number of carboxylic acids is 1. The van der Waals surface area contributed by atoms with Gasteiger partial charge in [-0.05, 0) is 25.0 Å². The van der Waals surface area contributed by atoms with Crippen molar-refractivity contribution in [3.63, 3.8) is 0 Å². The highest BCUT2D eigenvalue weighted by Crippen LogP contribution is 2.19. The maximum absolute atomic E-state index is 12.5. The van der Waals surface area contributed by atoms with Crippen LogP contribution >= 0.6 is 0 Å². The van der Waals surface area contributed by atoms with Gasteiger partial charge in [-0.2, -0.15) is 0 Å². The molecule has 0 saturated carbocycles. The van der Waals surface area contributed by atoms with Gasteiger partial charge in [-0.15, -0.1) is 0 Å². The van der Waals surface area contributed by atoms with Crippen molar-refractivity contribution < 1.29 is 18.3 Å². The van der Waals surface area contributed by atoms with E-state index in [4.69, 9.17) is 5.11 Å². The minimum Gasteiger partial charge on any atom is -0.481 e. The van der Waals surface area contributed by atoms with Gasteiger partial charge in [0, 0.05) is 0 Å². The molecule has 0 amide bonds. The summed E-state index contributed by atoms with van der Waals surface area (Å²) in [6, 6.07) is 7.99. The van der Waals surface area contributed by atoms with Crippen LogP contribution in [0.4, 0.5) is 0 Å². The molecule has 0 heterocycles. The molecule has 5 heteroatoms. The van der Waals surface area contributed by atoms with Crippen molar-refractivity contribution in [1.82, 2.24) is 0 Å².